The van der Waals surface area contributed by atoms with Crippen molar-refractivity contribution >= 4 is 35.0 Å². The number of aliphatic hydroxyl groups is 1. The summed E-state index contributed by atoms with van der Waals surface area (Å²) in [5.74, 6) is 0.636. The molecule has 2 heterocycles. The molecule has 180 valence electrons. The molecule has 0 aliphatic heterocycles. The molecule has 4 aromatic rings. The van der Waals surface area contributed by atoms with Crippen LogP contribution in [0.25, 0.3) is 11.3 Å². The van der Waals surface area contributed by atoms with Gasteiger partial charge in [0.1, 0.15) is 5.82 Å². The minimum Gasteiger partial charge on any atom is -0.394 e. The molecule has 4 N–H and O–H groups in total. The highest BCUT2D eigenvalue weighted by Gasteiger charge is 2.18. The van der Waals surface area contributed by atoms with Crippen LogP contribution in [-0.4, -0.2) is 56.8 Å². The maximum absolute atomic E-state index is 12.3. The van der Waals surface area contributed by atoms with Crippen molar-refractivity contribution in [3.63, 3.8) is 0 Å². The zero-order chi connectivity index (χ0) is 24.9. The monoisotopic (exact) mass is 491 g/mol. The van der Waals surface area contributed by atoms with Gasteiger partial charge in [-0.25, -0.2) is 4.98 Å². The van der Waals surface area contributed by atoms with E-state index in [0.29, 0.717) is 39.3 Å². The number of nitrogens with zero attached hydrogens (tertiary/aromatic N) is 4. The Kier molecular flexibility index (Phi) is 7.28. The molecule has 0 fully saturated rings. The lowest BCUT2D eigenvalue weighted by molar-refractivity contribution is 0.0828. The van der Waals surface area contributed by atoms with Crippen LogP contribution in [0.5, 0.6) is 0 Å². The molecule has 1 atom stereocenters. The summed E-state index contributed by atoms with van der Waals surface area (Å²) < 4.78 is 0. The fourth-order valence-electron chi connectivity index (χ4n) is 3.52. The summed E-state index contributed by atoms with van der Waals surface area (Å²) in [6.07, 6.45) is 1.66. The topological polar surface area (TPSA) is 119 Å². The number of hydrogen-bond donors (Lipinski definition) is 4. The lowest BCUT2D eigenvalue weighted by Gasteiger charge is -2.19. The van der Waals surface area contributed by atoms with Gasteiger partial charge in [0.25, 0.3) is 5.91 Å². The number of aliphatic hydroxyl groups excluding tert-OH is 1. The van der Waals surface area contributed by atoms with Gasteiger partial charge in [0.15, 0.2) is 0 Å². The van der Waals surface area contributed by atoms with E-state index in [4.69, 9.17) is 11.6 Å². The Morgan fingerprint density at radius 1 is 1.17 bits per heavy atom. The minimum absolute atomic E-state index is 0.132. The fraction of sp³-hybridized carbons (Fsp3) is 0.200. The van der Waals surface area contributed by atoms with E-state index in [1.165, 1.54) is 4.90 Å². The number of aromatic nitrogens is 4. The Bertz CT molecular complexity index is 1320. The van der Waals surface area contributed by atoms with E-state index >= 15 is 0 Å². The van der Waals surface area contributed by atoms with E-state index < -0.39 is 0 Å². The minimum atomic E-state index is -0.386. The highest BCUT2D eigenvalue weighted by molar-refractivity contribution is 6.34. The summed E-state index contributed by atoms with van der Waals surface area (Å²) in [7, 11) is 3.34. The van der Waals surface area contributed by atoms with Crippen molar-refractivity contribution < 1.29 is 9.90 Å². The van der Waals surface area contributed by atoms with Crippen molar-refractivity contribution in [3.05, 3.63) is 82.6 Å². The van der Waals surface area contributed by atoms with Crippen molar-refractivity contribution in [2.75, 3.05) is 31.3 Å². The third kappa shape index (κ3) is 5.59. The zero-order valence-electron chi connectivity index (χ0n) is 19.6. The SMILES string of the molecule is Cc1cc(-c2cnc(Nc3ccc(C(=O)N(C)C)c(Cl)c3)nc2N[C@H](CO)c2ccccc2)n[nH]1. The number of rotatable bonds is 8. The molecule has 35 heavy (non-hydrogen) atoms. The van der Waals surface area contributed by atoms with Crippen LogP contribution in [0.4, 0.5) is 17.5 Å². The number of amides is 1. The Hall–Kier alpha value is -3.95. The first-order chi connectivity index (χ1) is 16.9. The quantitative estimate of drug-likeness (QED) is 0.288. The standard InChI is InChI=1S/C25H26ClN7O2/c1-15-11-21(32-31-15)19-13-27-25(28-17-9-10-18(20(26)12-17)24(35)33(2)3)30-23(19)29-22(14-34)16-7-5-4-6-8-16/h4-13,22,34H,14H2,1-3H3,(H,31,32)(H2,27,28,29,30)/t22-/m1/s1. The Labute approximate surface area is 208 Å². The van der Waals surface area contributed by atoms with E-state index in [0.717, 1.165) is 11.3 Å². The predicted molar refractivity (Wildman–Crippen MR) is 137 cm³/mol. The number of halogens is 1. The Balaban J connectivity index is 1.66. The molecule has 4 rings (SSSR count). The highest BCUT2D eigenvalue weighted by Crippen LogP contribution is 2.30. The average molecular weight is 492 g/mol. The second-order valence-corrected chi connectivity index (χ2v) is 8.61. The number of nitrogens with one attached hydrogen (secondary N) is 3. The lowest BCUT2D eigenvalue weighted by atomic mass is 10.1. The van der Waals surface area contributed by atoms with Gasteiger partial charge in [0.05, 0.1) is 34.5 Å². The van der Waals surface area contributed by atoms with Crippen LogP contribution < -0.4 is 10.6 Å². The zero-order valence-corrected chi connectivity index (χ0v) is 20.3. The molecule has 0 radical (unpaired) electrons. The van der Waals surface area contributed by atoms with Crippen molar-refractivity contribution in [2.45, 2.75) is 13.0 Å². The lowest BCUT2D eigenvalue weighted by Crippen LogP contribution is -2.22. The molecular weight excluding hydrogens is 466 g/mol. The summed E-state index contributed by atoms with van der Waals surface area (Å²) in [6.45, 7) is 1.78. The third-order valence-corrected chi connectivity index (χ3v) is 5.64. The molecule has 0 spiro atoms. The van der Waals surface area contributed by atoms with Crippen molar-refractivity contribution in [2.24, 2.45) is 0 Å². The summed E-state index contributed by atoms with van der Waals surface area (Å²) in [5, 5.41) is 24.1. The Morgan fingerprint density at radius 3 is 2.57 bits per heavy atom. The van der Waals surface area contributed by atoms with Gasteiger partial charge < -0.3 is 20.6 Å². The molecule has 2 aromatic heterocycles. The maximum Gasteiger partial charge on any atom is 0.254 e. The van der Waals surface area contributed by atoms with Gasteiger partial charge in [-0.15, -0.1) is 0 Å². The van der Waals surface area contributed by atoms with Crippen LogP contribution >= 0.6 is 11.6 Å². The van der Waals surface area contributed by atoms with Gasteiger partial charge in [-0.1, -0.05) is 41.9 Å². The number of aromatic amines is 1. The maximum atomic E-state index is 12.3. The van der Waals surface area contributed by atoms with Crippen LogP contribution in [0.3, 0.4) is 0 Å². The van der Waals surface area contributed by atoms with Crippen molar-refractivity contribution in [1.29, 1.82) is 0 Å². The fourth-order valence-corrected chi connectivity index (χ4v) is 3.78. The number of aryl methyl sites for hydroxylation is 1. The molecule has 0 aliphatic rings. The van der Waals surface area contributed by atoms with Crippen LogP contribution in [0.1, 0.15) is 27.7 Å². The van der Waals surface area contributed by atoms with Crippen LogP contribution in [0.15, 0.2) is 60.8 Å². The third-order valence-electron chi connectivity index (χ3n) is 5.33. The summed E-state index contributed by atoms with van der Waals surface area (Å²) in [5.41, 5.74) is 4.21. The number of carbonyl (C=O) groups excluding carboxylic acids is 1. The summed E-state index contributed by atoms with van der Waals surface area (Å²) in [6, 6.07) is 16.2. The second kappa shape index (κ2) is 10.5. The molecule has 0 unspecified atom stereocenters. The van der Waals surface area contributed by atoms with E-state index in [1.54, 1.807) is 38.5 Å². The van der Waals surface area contributed by atoms with Crippen molar-refractivity contribution in [3.8, 4) is 11.3 Å². The van der Waals surface area contributed by atoms with Gasteiger partial charge in [-0.05, 0) is 36.8 Å². The first-order valence-corrected chi connectivity index (χ1v) is 11.3. The number of H-pyrrole nitrogens is 1. The molecule has 1 amide bonds. The van der Waals surface area contributed by atoms with E-state index in [1.807, 2.05) is 43.3 Å². The molecule has 0 bridgehead atoms. The first kappa shape index (κ1) is 24.2. The molecule has 0 saturated carbocycles. The van der Waals surface area contributed by atoms with Gasteiger partial charge in [0.2, 0.25) is 5.95 Å². The number of hydrogen-bond acceptors (Lipinski definition) is 7. The highest BCUT2D eigenvalue weighted by atomic mass is 35.5. The van der Waals surface area contributed by atoms with Crippen molar-refractivity contribution in [1.82, 2.24) is 25.1 Å². The molecule has 0 saturated heterocycles. The number of anilines is 3. The van der Waals surface area contributed by atoms with Gasteiger partial charge in [0, 0.05) is 31.7 Å². The molecule has 0 aliphatic carbocycles. The molecular formula is C25H26ClN7O2. The van der Waals surface area contributed by atoms with Gasteiger partial charge >= 0.3 is 0 Å². The smallest absolute Gasteiger partial charge is 0.254 e. The van der Waals surface area contributed by atoms with E-state index in [9.17, 15) is 9.90 Å². The number of benzene rings is 2. The van der Waals surface area contributed by atoms with Gasteiger partial charge in [-0.3, -0.25) is 9.89 Å². The molecule has 10 heteroatoms. The Morgan fingerprint density at radius 2 is 1.94 bits per heavy atom. The largest absolute Gasteiger partial charge is 0.394 e. The normalized spacial score (nSPS) is 11.7. The molecule has 9 nitrogen and oxygen atoms in total. The summed E-state index contributed by atoms with van der Waals surface area (Å²) in [4.78, 5) is 22.8. The first-order valence-electron chi connectivity index (χ1n) is 11.0. The van der Waals surface area contributed by atoms with Crippen LogP contribution in [0, 0.1) is 6.92 Å². The number of carbonyl (C=O) groups is 1. The van der Waals surface area contributed by atoms with Gasteiger partial charge in [-0.2, -0.15) is 10.1 Å². The average Bonchev–Trinajstić information content (AvgIpc) is 3.28. The molecule has 2 aromatic carbocycles. The van der Waals surface area contributed by atoms with Crippen LogP contribution in [0.2, 0.25) is 5.02 Å². The van der Waals surface area contributed by atoms with E-state index in [2.05, 4.69) is 30.8 Å². The summed E-state index contributed by atoms with van der Waals surface area (Å²) >= 11 is 6.35. The predicted octanol–water partition coefficient (Wildman–Crippen LogP) is 4.42. The van der Waals surface area contributed by atoms with E-state index in [-0.39, 0.29) is 18.6 Å². The second-order valence-electron chi connectivity index (χ2n) is 8.20. The van der Waals surface area contributed by atoms with Crippen LogP contribution in [-0.2, 0) is 0 Å².